The SMILES string of the molecule is CC(C(=O)N1CCC(c2ccc(F)cc2)=N1)N1C=Cc2sncc2C1. The molecule has 2 aliphatic rings. The first kappa shape index (κ1) is 16.0. The molecule has 1 aromatic heterocycles. The number of amides is 1. The molecule has 2 aromatic rings. The van der Waals surface area contributed by atoms with Crippen molar-refractivity contribution in [3.8, 4) is 0 Å². The van der Waals surface area contributed by atoms with Crippen LogP contribution in [-0.2, 0) is 11.3 Å². The highest BCUT2D eigenvalue weighted by Crippen LogP contribution is 2.25. The first-order valence-electron chi connectivity index (χ1n) is 8.14. The molecule has 0 bridgehead atoms. The summed E-state index contributed by atoms with van der Waals surface area (Å²) in [7, 11) is 0. The molecule has 0 aliphatic carbocycles. The Morgan fingerprint density at radius 1 is 1.32 bits per heavy atom. The molecule has 1 unspecified atom stereocenters. The molecule has 0 saturated carbocycles. The Bertz CT molecular complexity index is 858. The highest BCUT2D eigenvalue weighted by Gasteiger charge is 2.29. The quantitative estimate of drug-likeness (QED) is 0.849. The smallest absolute Gasteiger partial charge is 0.265 e. The van der Waals surface area contributed by atoms with Gasteiger partial charge in [-0.05, 0) is 42.2 Å². The molecule has 1 aromatic carbocycles. The Labute approximate surface area is 149 Å². The van der Waals surface area contributed by atoms with Gasteiger partial charge in [-0.2, -0.15) is 5.10 Å². The van der Waals surface area contributed by atoms with Crippen molar-refractivity contribution < 1.29 is 9.18 Å². The predicted octanol–water partition coefficient (Wildman–Crippen LogP) is 3.09. The van der Waals surface area contributed by atoms with Crippen molar-refractivity contribution in [3.63, 3.8) is 0 Å². The van der Waals surface area contributed by atoms with Crippen LogP contribution < -0.4 is 0 Å². The van der Waals surface area contributed by atoms with Crippen molar-refractivity contribution in [2.24, 2.45) is 5.10 Å². The van der Waals surface area contributed by atoms with E-state index in [1.165, 1.54) is 28.7 Å². The topological polar surface area (TPSA) is 48.8 Å². The molecule has 0 fully saturated rings. The maximum absolute atomic E-state index is 13.1. The molecule has 0 radical (unpaired) electrons. The van der Waals surface area contributed by atoms with Crippen LogP contribution in [0.2, 0.25) is 0 Å². The van der Waals surface area contributed by atoms with Gasteiger partial charge in [0.25, 0.3) is 5.91 Å². The number of fused-ring (bicyclic) bond motifs is 1. The van der Waals surface area contributed by atoms with Gasteiger partial charge in [-0.25, -0.2) is 13.8 Å². The van der Waals surface area contributed by atoms with E-state index in [1.54, 1.807) is 12.1 Å². The number of aromatic nitrogens is 1. The van der Waals surface area contributed by atoms with E-state index in [0.29, 0.717) is 19.5 Å². The molecule has 1 amide bonds. The molecule has 7 heteroatoms. The molecule has 4 rings (SSSR count). The fraction of sp³-hybridized carbons (Fsp3) is 0.278. The number of benzene rings is 1. The summed E-state index contributed by atoms with van der Waals surface area (Å²) in [6, 6.07) is 5.92. The Hall–Kier alpha value is -2.54. The molecule has 5 nitrogen and oxygen atoms in total. The van der Waals surface area contributed by atoms with Crippen LogP contribution in [0.25, 0.3) is 6.08 Å². The minimum atomic E-state index is -0.305. The van der Waals surface area contributed by atoms with Crippen LogP contribution in [0.15, 0.2) is 41.8 Å². The number of hydrogen-bond donors (Lipinski definition) is 0. The number of rotatable bonds is 3. The Kier molecular flexibility index (Phi) is 4.09. The summed E-state index contributed by atoms with van der Waals surface area (Å²) in [5.74, 6) is -0.309. The number of halogens is 1. The Balaban J connectivity index is 1.47. The van der Waals surface area contributed by atoms with Crippen molar-refractivity contribution in [1.29, 1.82) is 0 Å². The van der Waals surface area contributed by atoms with Crippen molar-refractivity contribution in [2.75, 3.05) is 6.54 Å². The second-order valence-corrected chi connectivity index (χ2v) is 6.98. The molecule has 25 heavy (non-hydrogen) atoms. The highest BCUT2D eigenvalue weighted by atomic mass is 32.1. The van der Waals surface area contributed by atoms with Crippen LogP contribution in [0, 0.1) is 5.82 Å². The van der Waals surface area contributed by atoms with Gasteiger partial charge in [0.2, 0.25) is 0 Å². The van der Waals surface area contributed by atoms with Gasteiger partial charge < -0.3 is 4.90 Å². The van der Waals surface area contributed by atoms with E-state index in [2.05, 4.69) is 9.47 Å². The molecule has 0 spiro atoms. The summed E-state index contributed by atoms with van der Waals surface area (Å²) in [5, 5.41) is 5.98. The Morgan fingerprint density at radius 2 is 2.12 bits per heavy atom. The zero-order valence-electron chi connectivity index (χ0n) is 13.7. The fourth-order valence-corrected chi connectivity index (χ4v) is 3.67. The summed E-state index contributed by atoms with van der Waals surface area (Å²) >= 11 is 1.46. The molecule has 0 saturated heterocycles. The summed E-state index contributed by atoms with van der Waals surface area (Å²) < 4.78 is 17.2. The van der Waals surface area contributed by atoms with Crippen LogP contribution in [0.1, 0.15) is 29.3 Å². The van der Waals surface area contributed by atoms with E-state index >= 15 is 0 Å². The van der Waals surface area contributed by atoms with E-state index in [1.807, 2.05) is 30.3 Å². The van der Waals surface area contributed by atoms with Gasteiger partial charge in [0.15, 0.2) is 0 Å². The standard InChI is InChI=1S/C18H17FN4OS/c1-12(22-8-7-17-14(11-22)10-20-25-17)18(24)23-9-6-16(21-23)13-2-4-15(19)5-3-13/h2-5,7-8,10,12H,6,9,11H2,1H3. The lowest BCUT2D eigenvalue weighted by atomic mass is 10.1. The number of hydrogen-bond acceptors (Lipinski definition) is 5. The van der Waals surface area contributed by atoms with Crippen molar-refractivity contribution >= 4 is 29.2 Å². The van der Waals surface area contributed by atoms with Gasteiger partial charge in [0, 0.05) is 30.9 Å². The maximum atomic E-state index is 13.1. The van der Waals surface area contributed by atoms with Crippen molar-refractivity contribution in [2.45, 2.75) is 25.9 Å². The van der Waals surface area contributed by atoms with Gasteiger partial charge >= 0.3 is 0 Å². The molecule has 0 N–H and O–H groups in total. The third-order valence-electron chi connectivity index (χ3n) is 4.53. The fourth-order valence-electron chi connectivity index (χ4n) is 3.02. The Morgan fingerprint density at radius 3 is 2.92 bits per heavy atom. The second-order valence-electron chi connectivity index (χ2n) is 6.14. The zero-order chi connectivity index (χ0) is 17.4. The molecule has 128 valence electrons. The van der Waals surface area contributed by atoms with E-state index in [9.17, 15) is 9.18 Å². The van der Waals surface area contributed by atoms with Crippen LogP contribution in [0.3, 0.4) is 0 Å². The lowest BCUT2D eigenvalue weighted by molar-refractivity contribution is -0.135. The molecule has 1 atom stereocenters. The maximum Gasteiger partial charge on any atom is 0.265 e. The third-order valence-corrected chi connectivity index (χ3v) is 5.34. The van der Waals surface area contributed by atoms with Crippen LogP contribution in [-0.4, -0.2) is 38.5 Å². The van der Waals surface area contributed by atoms with Gasteiger partial charge in [-0.15, -0.1) is 0 Å². The monoisotopic (exact) mass is 356 g/mol. The zero-order valence-corrected chi connectivity index (χ0v) is 14.5. The van der Waals surface area contributed by atoms with Crippen LogP contribution in [0.4, 0.5) is 4.39 Å². The van der Waals surface area contributed by atoms with Crippen molar-refractivity contribution in [3.05, 3.63) is 58.5 Å². The van der Waals surface area contributed by atoms with Crippen molar-refractivity contribution in [1.82, 2.24) is 14.3 Å². The minimum Gasteiger partial charge on any atom is -0.361 e. The lowest BCUT2D eigenvalue weighted by Crippen LogP contribution is -2.42. The highest BCUT2D eigenvalue weighted by molar-refractivity contribution is 7.06. The van der Waals surface area contributed by atoms with Gasteiger partial charge in [0.05, 0.1) is 17.1 Å². The average Bonchev–Trinajstić information content (AvgIpc) is 3.29. The van der Waals surface area contributed by atoms with E-state index in [4.69, 9.17) is 0 Å². The van der Waals surface area contributed by atoms with Gasteiger partial charge in [-0.3, -0.25) is 4.79 Å². The lowest BCUT2D eigenvalue weighted by Gasteiger charge is -2.30. The molecular formula is C18H17FN4OS. The number of carbonyl (C=O) groups is 1. The summed E-state index contributed by atoms with van der Waals surface area (Å²) in [6.45, 7) is 3.12. The molecule has 3 heterocycles. The van der Waals surface area contributed by atoms with Gasteiger partial charge in [0.1, 0.15) is 11.9 Å². The second kappa shape index (κ2) is 6.40. The van der Waals surface area contributed by atoms with Crippen LogP contribution >= 0.6 is 11.5 Å². The third kappa shape index (κ3) is 3.07. The van der Waals surface area contributed by atoms with Crippen LogP contribution in [0.5, 0.6) is 0 Å². The number of nitrogens with zero attached hydrogens (tertiary/aromatic N) is 4. The number of hydrazone groups is 1. The molecular weight excluding hydrogens is 339 g/mol. The summed E-state index contributed by atoms with van der Waals surface area (Å²) in [5.41, 5.74) is 2.82. The molecule has 2 aliphatic heterocycles. The minimum absolute atomic E-state index is 0.0339. The van der Waals surface area contributed by atoms with Gasteiger partial charge in [-0.1, -0.05) is 12.1 Å². The predicted molar refractivity (Wildman–Crippen MR) is 95.4 cm³/mol. The summed E-state index contributed by atoms with van der Waals surface area (Å²) in [4.78, 5) is 15.9. The van der Waals surface area contributed by atoms with E-state index in [0.717, 1.165) is 21.7 Å². The average molecular weight is 356 g/mol. The van der Waals surface area contributed by atoms with E-state index < -0.39 is 0 Å². The first-order valence-corrected chi connectivity index (χ1v) is 8.91. The number of carbonyl (C=O) groups excluding carboxylic acids is 1. The largest absolute Gasteiger partial charge is 0.361 e. The van der Waals surface area contributed by atoms with E-state index in [-0.39, 0.29) is 17.8 Å². The first-order chi connectivity index (χ1) is 12.1. The summed E-state index contributed by atoms with van der Waals surface area (Å²) in [6.07, 6.45) is 6.48. The normalized spacial score (nSPS) is 17.4.